The zero-order valence-electron chi connectivity index (χ0n) is 12.8. The van der Waals surface area contributed by atoms with E-state index in [-0.39, 0.29) is 5.90 Å². The van der Waals surface area contributed by atoms with Crippen LogP contribution in [0.3, 0.4) is 0 Å². The second-order valence-corrected chi connectivity index (χ2v) is 7.49. The van der Waals surface area contributed by atoms with Crippen LogP contribution in [0, 0.1) is 56.2 Å². The van der Waals surface area contributed by atoms with Crippen molar-refractivity contribution in [1.82, 2.24) is 0 Å². The van der Waals surface area contributed by atoms with Crippen LogP contribution in [0.15, 0.2) is 17.5 Å². The molecule has 2 bridgehead atoms. The van der Waals surface area contributed by atoms with E-state index in [0.717, 1.165) is 12.8 Å². The van der Waals surface area contributed by atoms with Gasteiger partial charge in [-0.05, 0) is 24.3 Å². The minimum Gasteiger partial charge on any atom is -0.447 e. The van der Waals surface area contributed by atoms with Gasteiger partial charge in [0.1, 0.15) is 6.10 Å². The minimum absolute atomic E-state index is 0.293. The molecule has 1 aliphatic carbocycles. The summed E-state index contributed by atoms with van der Waals surface area (Å²) in [6.07, 6.45) is 2.02. The molecule has 4 atom stereocenters. The molecule has 1 aromatic heterocycles. The quantitative estimate of drug-likeness (QED) is 0.844. The van der Waals surface area contributed by atoms with Gasteiger partial charge in [-0.1, -0.05) is 12.5 Å². The first kappa shape index (κ1) is 15.1. The summed E-state index contributed by atoms with van der Waals surface area (Å²) in [5, 5.41) is 40.2. The Hall–Kier alpha value is -2.40. The lowest BCUT2D eigenvalue weighted by atomic mass is 9.52. The van der Waals surface area contributed by atoms with Crippen LogP contribution >= 0.6 is 11.3 Å². The molecule has 1 aromatic rings. The summed E-state index contributed by atoms with van der Waals surface area (Å²) < 4.78 is 12.1. The van der Waals surface area contributed by atoms with Crippen LogP contribution in [0.2, 0.25) is 0 Å². The van der Waals surface area contributed by atoms with Gasteiger partial charge in [0.05, 0.1) is 24.1 Å². The van der Waals surface area contributed by atoms with Crippen molar-refractivity contribution in [2.45, 2.75) is 37.6 Å². The van der Waals surface area contributed by atoms with Gasteiger partial charge in [0.15, 0.2) is 5.41 Å². The number of nitriles is 3. The molecule has 0 radical (unpaired) electrons. The highest BCUT2D eigenvalue weighted by Gasteiger charge is 2.80. The molecule has 0 unspecified atom stereocenters. The predicted octanol–water partition coefficient (Wildman–Crippen LogP) is 3.26. The fraction of sp³-hybridized carbons (Fsp3) is 0.529. The van der Waals surface area contributed by atoms with Crippen LogP contribution in [0.1, 0.15) is 36.7 Å². The van der Waals surface area contributed by atoms with Crippen molar-refractivity contribution in [3.05, 3.63) is 22.4 Å². The Bertz CT molecular complexity index is 816. The third-order valence-electron chi connectivity index (χ3n) is 5.62. The molecule has 2 saturated heterocycles. The van der Waals surface area contributed by atoms with E-state index in [1.165, 1.54) is 11.3 Å². The molecule has 4 rings (SSSR count). The third kappa shape index (κ3) is 1.44. The van der Waals surface area contributed by atoms with Gasteiger partial charge in [0.25, 0.3) is 0 Å². The lowest BCUT2D eigenvalue weighted by Gasteiger charge is -2.51. The number of nitrogens with one attached hydrogen (secondary N) is 1. The van der Waals surface area contributed by atoms with E-state index in [1.807, 2.05) is 11.4 Å². The lowest BCUT2D eigenvalue weighted by molar-refractivity contribution is -0.293. The van der Waals surface area contributed by atoms with Gasteiger partial charge < -0.3 is 9.47 Å². The highest BCUT2D eigenvalue weighted by atomic mass is 32.1. The average molecular weight is 338 g/mol. The van der Waals surface area contributed by atoms with Gasteiger partial charge in [0, 0.05) is 11.3 Å². The summed E-state index contributed by atoms with van der Waals surface area (Å²) in [6.45, 7) is 0. The number of rotatable bonds is 1. The molecule has 2 aliphatic heterocycles. The van der Waals surface area contributed by atoms with Crippen LogP contribution in [0.4, 0.5) is 0 Å². The number of nitrogens with zero attached hydrogens (tertiary/aromatic N) is 3. The summed E-state index contributed by atoms with van der Waals surface area (Å²) in [5.74, 6) is -1.83. The second-order valence-electron chi connectivity index (χ2n) is 6.51. The Kier molecular flexibility index (Phi) is 3.03. The Morgan fingerprint density at radius 1 is 1.21 bits per heavy atom. The first-order valence-corrected chi connectivity index (χ1v) is 8.71. The predicted molar refractivity (Wildman–Crippen MR) is 83.4 cm³/mol. The molecule has 120 valence electrons. The van der Waals surface area contributed by atoms with Crippen molar-refractivity contribution in [3.8, 4) is 18.2 Å². The minimum atomic E-state index is -1.80. The molecule has 3 fully saturated rings. The number of hydrogen-bond acceptors (Lipinski definition) is 7. The molecule has 1 N–H and O–H groups in total. The van der Waals surface area contributed by atoms with Crippen LogP contribution in [-0.4, -0.2) is 11.7 Å². The van der Waals surface area contributed by atoms with Crippen molar-refractivity contribution in [2.24, 2.45) is 16.7 Å². The van der Waals surface area contributed by atoms with Crippen LogP contribution < -0.4 is 0 Å². The van der Waals surface area contributed by atoms with Gasteiger partial charge in [-0.2, -0.15) is 15.8 Å². The smallest absolute Gasteiger partial charge is 0.217 e. The summed E-state index contributed by atoms with van der Waals surface area (Å²) in [4.78, 5) is 0.708. The van der Waals surface area contributed by atoms with Gasteiger partial charge >= 0.3 is 0 Å². The fourth-order valence-corrected chi connectivity index (χ4v) is 5.37. The van der Waals surface area contributed by atoms with Crippen molar-refractivity contribution in [3.63, 3.8) is 0 Å². The Morgan fingerprint density at radius 3 is 2.62 bits per heavy atom. The van der Waals surface area contributed by atoms with Gasteiger partial charge in [-0.3, -0.25) is 5.41 Å². The molecule has 3 heterocycles. The zero-order chi connectivity index (χ0) is 17.0. The molecule has 1 saturated carbocycles. The molecule has 6 nitrogen and oxygen atoms in total. The summed E-state index contributed by atoms with van der Waals surface area (Å²) in [6, 6.07) is 9.91. The summed E-state index contributed by atoms with van der Waals surface area (Å²) in [5.41, 5.74) is -3.39. The maximum Gasteiger partial charge on any atom is 0.217 e. The van der Waals surface area contributed by atoms with Crippen LogP contribution in [0.5, 0.6) is 0 Å². The molecule has 0 spiro atoms. The van der Waals surface area contributed by atoms with Gasteiger partial charge in [0.2, 0.25) is 17.1 Å². The van der Waals surface area contributed by atoms with Crippen LogP contribution in [-0.2, 0) is 9.47 Å². The van der Waals surface area contributed by atoms with E-state index in [2.05, 4.69) is 18.2 Å². The second kappa shape index (κ2) is 4.80. The third-order valence-corrected chi connectivity index (χ3v) is 6.53. The molecule has 7 heteroatoms. The fourth-order valence-electron chi connectivity index (χ4n) is 4.56. The first-order valence-electron chi connectivity index (χ1n) is 7.83. The van der Waals surface area contributed by atoms with E-state index >= 15 is 0 Å². The van der Waals surface area contributed by atoms with E-state index in [0.29, 0.717) is 17.7 Å². The molecule has 3 aliphatic rings. The highest BCUT2D eigenvalue weighted by Crippen LogP contribution is 2.69. The molecule has 0 amide bonds. The molecule has 24 heavy (non-hydrogen) atoms. The maximum absolute atomic E-state index is 10.1. The zero-order valence-corrected chi connectivity index (χ0v) is 13.6. The monoisotopic (exact) mass is 338 g/mol. The normalized spacial score (nSPS) is 39.0. The number of thiophene rings is 1. The number of hydrogen-bond donors (Lipinski definition) is 1. The van der Waals surface area contributed by atoms with Crippen molar-refractivity contribution in [2.75, 3.05) is 0 Å². The molecular formula is C17H14N4O2S. The Morgan fingerprint density at radius 2 is 2.00 bits per heavy atom. The topological polar surface area (TPSA) is 114 Å². The SMILES string of the molecule is N#CC1(C#N)[C@@H](c2cccs2)O[C@]23CCCC[C@@H]2[C@]1(C#N)C(=N)O3. The Balaban J connectivity index is 2.02. The highest BCUT2D eigenvalue weighted by molar-refractivity contribution is 7.10. The van der Waals surface area contributed by atoms with Gasteiger partial charge in [-0.15, -0.1) is 11.3 Å². The van der Waals surface area contributed by atoms with E-state index in [4.69, 9.17) is 14.9 Å². The standard InChI is InChI=1S/C17H14N4O2S/c18-8-15(9-19)13(11-4-3-7-24-11)22-17-6-2-1-5-12(17)16(15,10-20)14(21)23-17/h3-4,7,12-13,21H,1-2,5-6H2/t12-,13-,16-,17+/m1/s1. The molecular weight excluding hydrogens is 324 g/mol. The average Bonchev–Trinajstić information content (AvgIpc) is 3.19. The van der Waals surface area contributed by atoms with E-state index in [9.17, 15) is 15.8 Å². The summed E-state index contributed by atoms with van der Waals surface area (Å²) in [7, 11) is 0. The maximum atomic E-state index is 10.1. The van der Waals surface area contributed by atoms with Gasteiger partial charge in [-0.25, -0.2) is 0 Å². The van der Waals surface area contributed by atoms with E-state index < -0.39 is 28.6 Å². The summed E-state index contributed by atoms with van der Waals surface area (Å²) >= 11 is 1.38. The molecule has 0 aromatic carbocycles. The van der Waals surface area contributed by atoms with Crippen LogP contribution in [0.25, 0.3) is 0 Å². The van der Waals surface area contributed by atoms with Crippen molar-refractivity contribution in [1.29, 1.82) is 21.2 Å². The van der Waals surface area contributed by atoms with Crippen molar-refractivity contribution < 1.29 is 9.47 Å². The largest absolute Gasteiger partial charge is 0.447 e. The first-order chi connectivity index (χ1) is 11.6. The number of ether oxygens (including phenoxy) is 2. The van der Waals surface area contributed by atoms with E-state index in [1.54, 1.807) is 6.07 Å². The Labute approximate surface area is 143 Å². The van der Waals surface area contributed by atoms with Crippen molar-refractivity contribution >= 4 is 17.2 Å². The lowest BCUT2D eigenvalue weighted by Crippen LogP contribution is -2.60.